The van der Waals surface area contributed by atoms with Crippen LogP contribution in [-0.2, 0) is 6.54 Å². The zero-order valence-electron chi connectivity index (χ0n) is 11.5. The van der Waals surface area contributed by atoms with Crippen LogP contribution in [0.4, 0.5) is 0 Å². The zero-order chi connectivity index (χ0) is 15.4. The Morgan fingerprint density at radius 1 is 1.29 bits per heavy atom. The summed E-state index contributed by atoms with van der Waals surface area (Å²) < 4.78 is 0. The van der Waals surface area contributed by atoms with Crippen LogP contribution in [0.5, 0.6) is 0 Å². The minimum Gasteiger partial charge on any atom is -0.389 e. The summed E-state index contributed by atoms with van der Waals surface area (Å²) in [5.41, 5.74) is 8.67. The van der Waals surface area contributed by atoms with E-state index in [9.17, 15) is 4.79 Å². The highest BCUT2D eigenvalue weighted by Crippen LogP contribution is 2.18. The van der Waals surface area contributed by atoms with Gasteiger partial charge in [-0.3, -0.25) is 4.79 Å². The number of halogens is 1. The SMILES string of the molecule is Cc1c(Cl)cccc1C(=O)NCc1cccc(C(N)=S)c1. The van der Waals surface area contributed by atoms with Gasteiger partial charge in [0.05, 0.1) is 0 Å². The summed E-state index contributed by atoms with van der Waals surface area (Å²) in [6.07, 6.45) is 0. The quantitative estimate of drug-likeness (QED) is 0.851. The highest BCUT2D eigenvalue weighted by molar-refractivity contribution is 7.80. The monoisotopic (exact) mass is 318 g/mol. The Kier molecular flexibility index (Phi) is 4.94. The molecule has 2 rings (SSSR count). The van der Waals surface area contributed by atoms with E-state index < -0.39 is 0 Å². The van der Waals surface area contributed by atoms with E-state index in [-0.39, 0.29) is 5.91 Å². The van der Waals surface area contributed by atoms with Gasteiger partial charge in [0.25, 0.3) is 5.91 Å². The van der Waals surface area contributed by atoms with Crippen molar-refractivity contribution in [3.05, 3.63) is 69.7 Å². The summed E-state index contributed by atoms with van der Waals surface area (Å²) in [4.78, 5) is 12.5. The number of hydrogen-bond acceptors (Lipinski definition) is 2. The van der Waals surface area contributed by atoms with Crippen LogP contribution in [0.25, 0.3) is 0 Å². The molecular formula is C16H15ClN2OS. The molecule has 0 fully saturated rings. The van der Waals surface area contributed by atoms with Crippen molar-refractivity contribution in [1.29, 1.82) is 0 Å². The number of amides is 1. The third-order valence-electron chi connectivity index (χ3n) is 3.18. The minimum atomic E-state index is -0.157. The number of hydrogen-bond donors (Lipinski definition) is 2. The smallest absolute Gasteiger partial charge is 0.251 e. The molecule has 0 heterocycles. The van der Waals surface area contributed by atoms with E-state index in [1.165, 1.54) is 0 Å². The van der Waals surface area contributed by atoms with Gasteiger partial charge in [0.15, 0.2) is 0 Å². The maximum atomic E-state index is 12.2. The molecule has 0 unspecified atom stereocenters. The Bertz CT molecular complexity index is 700. The van der Waals surface area contributed by atoms with Gasteiger partial charge >= 0.3 is 0 Å². The minimum absolute atomic E-state index is 0.157. The highest BCUT2D eigenvalue weighted by Gasteiger charge is 2.10. The second kappa shape index (κ2) is 6.70. The van der Waals surface area contributed by atoms with E-state index in [0.29, 0.717) is 22.1 Å². The van der Waals surface area contributed by atoms with Gasteiger partial charge in [-0.05, 0) is 36.2 Å². The molecule has 0 saturated heterocycles. The molecule has 0 saturated carbocycles. The first-order valence-electron chi connectivity index (χ1n) is 6.41. The Morgan fingerprint density at radius 3 is 2.71 bits per heavy atom. The van der Waals surface area contributed by atoms with Gasteiger partial charge in [-0.25, -0.2) is 0 Å². The molecule has 0 aliphatic carbocycles. The predicted molar refractivity (Wildman–Crippen MR) is 89.7 cm³/mol. The van der Waals surface area contributed by atoms with E-state index in [2.05, 4.69) is 5.32 Å². The van der Waals surface area contributed by atoms with E-state index in [1.807, 2.05) is 31.2 Å². The average molecular weight is 319 g/mol. The Labute approximate surface area is 134 Å². The number of thiocarbonyl (C=S) groups is 1. The fraction of sp³-hybridized carbons (Fsp3) is 0.125. The van der Waals surface area contributed by atoms with Crippen molar-refractivity contribution in [1.82, 2.24) is 5.32 Å². The molecular weight excluding hydrogens is 304 g/mol. The molecule has 2 aromatic carbocycles. The van der Waals surface area contributed by atoms with Gasteiger partial charge in [-0.2, -0.15) is 0 Å². The molecule has 0 atom stereocenters. The zero-order valence-corrected chi connectivity index (χ0v) is 13.1. The van der Waals surface area contributed by atoms with E-state index in [4.69, 9.17) is 29.6 Å². The van der Waals surface area contributed by atoms with Crippen LogP contribution in [0.1, 0.15) is 27.0 Å². The summed E-state index contributed by atoms with van der Waals surface area (Å²) >= 11 is 11.0. The first-order chi connectivity index (χ1) is 9.99. The lowest BCUT2D eigenvalue weighted by Crippen LogP contribution is -2.24. The normalized spacial score (nSPS) is 10.2. The van der Waals surface area contributed by atoms with E-state index in [1.54, 1.807) is 18.2 Å². The van der Waals surface area contributed by atoms with Crippen molar-refractivity contribution in [2.24, 2.45) is 5.73 Å². The molecule has 5 heteroatoms. The number of carbonyl (C=O) groups excluding carboxylic acids is 1. The summed E-state index contributed by atoms with van der Waals surface area (Å²) in [7, 11) is 0. The van der Waals surface area contributed by atoms with Crippen LogP contribution < -0.4 is 11.1 Å². The van der Waals surface area contributed by atoms with Crippen LogP contribution in [0.15, 0.2) is 42.5 Å². The largest absolute Gasteiger partial charge is 0.389 e. The molecule has 0 aromatic heterocycles. The molecule has 0 spiro atoms. The van der Waals surface area contributed by atoms with Gasteiger partial charge in [0.2, 0.25) is 0 Å². The third kappa shape index (κ3) is 3.80. The lowest BCUT2D eigenvalue weighted by Gasteiger charge is -2.09. The van der Waals surface area contributed by atoms with Crippen LogP contribution in [-0.4, -0.2) is 10.9 Å². The fourth-order valence-electron chi connectivity index (χ4n) is 1.97. The lowest BCUT2D eigenvalue weighted by molar-refractivity contribution is 0.0950. The highest BCUT2D eigenvalue weighted by atomic mass is 35.5. The van der Waals surface area contributed by atoms with Gasteiger partial charge in [0.1, 0.15) is 4.99 Å². The topological polar surface area (TPSA) is 55.1 Å². The Hall–Kier alpha value is -1.91. The molecule has 21 heavy (non-hydrogen) atoms. The molecule has 3 nitrogen and oxygen atoms in total. The van der Waals surface area contributed by atoms with Crippen LogP contribution in [0.2, 0.25) is 5.02 Å². The van der Waals surface area contributed by atoms with Crippen molar-refractivity contribution >= 4 is 34.7 Å². The Balaban J connectivity index is 2.09. The predicted octanol–water partition coefficient (Wildman–Crippen LogP) is 3.21. The number of rotatable bonds is 4. The van der Waals surface area contributed by atoms with E-state index >= 15 is 0 Å². The molecule has 108 valence electrons. The molecule has 1 amide bonds. The molecule has 0 aliphatic heterocycles. The van der Waals surface area contributed by atoms with E-state index in [0.717, 1.165) is 16.7 Å². The summed E-state index contributed by atoms with van der Waals surface area (Å²) in [6, 6.07) is 12.8. The first-order valence-corrected chi connectivity index (χ1v) is 7.19. The molecule has 0 bridgehead atoms. The molecule has 0 aliphatic rings. The number of nitrogens with two attached hydrogens (primary N) is 1. The number of carbonyl (C=O) groups is 1. The van der Waals surface area contributed by atoms with Gasteiger partial charge in [0, 0.05) is 22.7 Å². The molecule has 0 radical (unpaired) electrons. The molecule has 2 aromatic rings. The second-order valence-corrected chi connectivity index (χ2v) is 5.51. The van der Waals surface area contributed by atoms with Crippen LogP contribution in [0, 0.1) is 6.92 Å². The van der Waals surface area contributed by atoms with Crippen LogP contribution in [0.3, 0.4) is 0 Å². The lowest BCUT2D eigenvalue weighted by atomic mass is 10.1. The maximum Gasteiger partial charge on any atom is 0.251 e. The maximum absolute atomic E-state index is 12.2. The van der Waals surface area contributed by atoms with Gasteiger partial charge in [-0.15, -0.1) is 0 Å². The van der Waals surface area contributed by atoms with Gasteiger partial charge in [-0.1, -0.05) is 48.1 Å². The average Bonchev–Trinajstić information content (AvgIpc) is 2.48. The van der Waals surface area contributed by atoms with Crippen molar-refractivity contribution < 1.29 is 4.79 Å². The second-order valence-electron chi connectivity index (χ2n) is 4.66. The number of nitrogens with one attached hydrogen (secondary N) is 1. The van der Waals surface area contributed by atoms with Crippen molar-refractivity contribution in [3.8, 4) is 0 Å². The van der Waals surface area contributed by atoms with Crippen molar-refractivity contribution in [3.63, 3.8) is 0 Å². The van der Waals surface area contributed by atoms with Crippen molar-refractivity contribution in [2.75, 3.05) is 0 Å². The third-order valence-corrected chi connectivity index (χ3v) is 3.82. The summed E-state index contributed by atoms with van der Waals surface area (Å²) in [5, 5.41) is 3.45. The standard InChI is InChI=1S/C16H15ClN2OS/c1-10-13(6-3-7-14(10)17)16(20)19-9-11-4-2-5-12(8-11)15(18)21/h2-8H,9H2,1H3,(H2,18,21)(H,19,20). The van der Waals surface area contributed by atoms with Crippen LogP contribution >= 0.6 is 23.8 Å². The fourth-order valence-corrected chi connectivity index (χ4v) is 2.27. The summed E-state index contributed by atoms with van der Waals surface area (Å²) in [6.45, 7) is 2.23. The summed E-state index contributed by atoms with van der Waals surface area (Å²) in [5.74, 6) is -0.157. The van der Waals surface area contributed by atoms with Gasteiger partial charge < -0.3 is 11.1 Å². The number of benzene rings is 2. The Morgan fingerprint density at radius 2 is 2.00 bits per heavy atom. The first kappa shape index (κ1) is 15.5. The van der Waals surface area contributed by atoms with Crippen molar-refractivity contribution in [2.45, 2.75) is 13.5 Å². The molecule has 3 N–H and O–H groups in total.